The first-order valence-electron chi connectivity index (χ1n) is 5.58. The smallest absolute Gasteiger partial charge is 0.197 e. The fraction of sp³-hybridized carbons (Fsp3) is 0.636. The van der Waals surface area contributed by atoms with Crippen LogP contribution in [-0.4, -0.2) is 16.5 Å². The average Bonchev–Trinajstić information content (AvgIpc) is 2.61. The standard InChI is InChI=1S/C11H17N3S/c1-2-8-10-7(5-6-12)3-4-9(10)14-11(15)13-8/h7H,2-6,12H2,1H3,(H,13,14,15). The lowest BCUT2D eigenvalue weighted by atomic mass is 9.96. The third-order valence-electron chi connectivity index (χ3n) is 3.13. The highest BCUT2D eigenvalue weighted by Gasteiger charge is 2.25. The zero-order valence-electron chi connectivity index (χ0n) is 9.05. The summed E-state index contributed by atoms with van der Waals surface area (Å²) >= 11 is 5.12. The van der Waals surface area contributed by atoms with Crippen molar-refractivity contribution in [2.45, 2.75) is 38.5 Å². The first kappa shape index (κ1) is 10.8. The summed E-state index contributed by atoms with van der Waals surface area (Å²) in [5.74, 6) is 0.597. The molecule has 1 aliphatic carbocycles. The average molecular weight is 223 g/mol. The summed E-state index contributed by atoms with van der Waals surface area (Å²) in [6.45, 7) is 2.89. The topological polar surface area (TPSA) is 54.7 Å². The van der Waals surface area contributed by atoms with Crippen molar-refractivity contribution in [2.75, 3.05) is 6.54 Å². The van der Waals surface area contributed by atoms with E-state index in [0.29, 0.717) is 10.7 Å². The second-order valence-corrected chi connectivity index (χ2v) is 4.43. The molecule has 0 bridgehead atoms. The third kappa shape index (κ3) is 1.96. The molecule has 0 aromatic carbocycles. The van der Waals surface area contributed by atoms with E-state index in [-0.39, 0.29) is 0 Å². The Labute approximate surface area is 95.1 Å². The number of nitrogens with one attached hydrogen (secondary N) is 1. The predicted molar refractivity (Wildman–Crippen MR) is 63.5 cm³/mol. The van der Waals surface area contributed by atoms with Gasteiger partial charge in [-0.3, -0.25) is 0 Å². The van der Waals surface area contributed by atoms with E-state index in [1.807, 2.05) is 0 Å². The number of nitrogens with two attached hydrogens (primary N) is 1. The number of aromatic nitrogens is 2. The zero-order valence-corrected chi connectivity index (χ0v) is 9.86. The number of nitrogens with zero attached hydrogens (tertiary/aromatic N) is 1. The van der Waals surface area contributed by atoms with E-state index in [1.165, 1.54) is 23.4 Å². The number of fused-ring (bicyclic) bond motifs is 1. The lowest BCUT2D eigenvalue weighted by Gasteiger charge is -2.13. The number of aryl methyl sites for hydroxylation is 2. The van der Waals surface area contributed by atoms with Crippen molar-refractivity contribution in [1.29, 1.82) is 0 Å². The van der Waals surface area contributed by atoms with Crippen molar-refractivity contribution in [2.24, 2.45) is 5.73 Å². The summed E-state index contributed by atoms with van der Waals surface area (Å²) in [4.78, 5) is 7.63. The maximum atomic E-state index is 5.64. The van der Waals surface area contributed by atoms with E-state index < -0.39 is 0 Å². The number of rotatable bonds is 3. The molecule has 1 atom stereocenters. The maximum Gasteiger partial charge on any atom is 0.197 e. The van der Waals surface area contributed by atoms with E-state index >= 15 is 0 Å². The maximum absolute atomic E-state index is 5.64. The molecular weight excluding hydrogens is 206 g/mol. The lowest BCUT2D eigenvalue weighted by molar-refractivity contribution is 0.621. The van der Waals surface area contributed by atoms with Gasteiger partial charge < -0.3 is 10.7 Å². The first-order valence-corrected chi connectivity index (χ1v) is 5.99. The molecule has 2 rings (SSSR count). The van der Waals surface area contributed by atoms with Gasteiger partial charge in [0.2, 0.25) is 0 Å². The fourth-order valence-corrected chi connectivity index (χ4v) is 2.72. The summed E-state index contributed by atoms with van der Waals surface area (Å²) in [5, 5.41) is 0. The van der Waals surface area contributed by atoms with Crippen molar-refractivity contribution in [1.82, 2.24) is 9.97 Å². The van der Waals surface area contributed by atoms with Gasteiger partial charge in [-0.1, -0.05) is 6.92 Å². The minimum Gasteiger partial charge on any atom is -0.334 e. The normalized spacial score (nSPS) is 19.2. The molecule has 0 aliphatic heterocycles. The van der Waals surface area contributed by atoms with Gasteiger partial charge in [0.1, 0.15) is 0 Å². The van der Waals surface area contributed by atoms with Crippen LogP contribution in [0.15, 0.2) is 0 Å². The largest absolute Gasteiger partial charge is 0.334 e. The second kappa shape index (κ2) is 4.41. The molecule has 1 unspecified atom stereocenters. The molecule has 1 aliphatic rings. The van der Waals surface area contributed by atoms with Crippen molar-refractivity contribution in [3.8, 4) is 0 Å². The molecule has 82 valence electrons. The van der Waals surface area contributed by atoms with Crippen molar-refractivity contribution >= 4 is 12.2 Å². The number of hydrogen-bond donors (Lipinski definition) is 2. The third-order valence-corrected chi connectivity index (χ3v) is 3.32. The Morgan fingerprint density at radius 1 is 1.60 bits per heavy atom. The Hall–Kier alpha value is -0.740. The Kier molecular flexibility index (Phi) is 3.17. The summed E-state index contributed by atoms with van der Waals surface area (Å²) in [6.07, 6.45) is 4.31. The van der Waals surface area contributed by atoms with Crippen LogP contribution in [0.2, 0.25) is 0 Å². The molecular formula is C11H17N3S. The summed E-state index contributed by atoms with van der Waals surface area (Å²) in [7, 11) is 0. The van der Waals surface area contributed by atoms with E-state index in [0.717, 1.165) is 25.8 Å². The fourth-order valence-electron chi connectivity index (χ4n) is 2.48. The molecule has 3 nitrogen and oxygen atoms in total. The molecule has 0 amide bonds. The van der Waals surface area contributed by atoms with Gasteiger partial charge in [0.15, 0.2) is 4.77 Å². The monoisotopic (exact) mass is 223 g/mol. The Morgan fingerprint density at radius 2 is 2.40 bits per heavy atom. The van der Waals surface area contributed by atoms with Crippen molar-refractivity contribution in [3.05, 3.63) is 21.7 Å². The highest BCUT2D eigenvalue weighted by atomic mass is 32.1. The van der Waals surface area contributed by atoms with Crippen LogP contribution >= 0.6 is 12.2 Å². The van der Waals surface area contributed by atoms with Crippen LogP contribution in [0.25, 0.3) is 0 Å². The summed E-state index contributed by atoms with van der Waals surface area (Å²) in [6, 6.07) is 0. The van der Waals surface area contributed by atoms with Crippen LogP contribution < -0.4 is 5.73 Å². The first-order chi connectivity index (χ1) is 7.26. The highest BCUT2D eigenvalue weighted by molar-refractivity contribution is 7.71. The molecule has 0 radical (unpaired) electrons. The molecule has 0 fully saturated rings. The van der Waals surface area contributed by atoms with Gasteiger partial charge >= 0.3 is 0 Å². The van der Waals surface area contributed by atoms with Crippen molar-refractivity contribution < 1.29 is 0 Å². The van der Waals surface area contributed by atoms with E-state index in [2.05, 4.69) is 16.9 Å². The molecule has 4 heteroatoms. The molecule has 0 spiro atoms. The molecule has 0 saturated heterocycles. The van der Waals surface area contributed by atoms with Crippen LogP contribution in [0, 0.1) is 4.77 Å². The summed E-state index contributed by atoms with van der Waals surface area (Å²) < 4.78 is 0.624. The van der Waals surface area contributed by atoms with Gasteiger partial charge in [0.25, 0.3) is 0 Å². The van der Waals surface area contributed by atoms with Gasteiger partial charge in [-0.15, -0.1) is 0 Å². The highest BCUT2D eigenvalue weighted by Crippen LogP contribution is 2.35. The van der Waals surface area contributed by atoms with Crippen molar-refractivity contribution in [3.63, 3.8) is 0 Å². The molecule has 15 heavy (non-hydrogen) atoms. The minimum absolute atomic E-state index is 0.597. The van der Waals surface area contributed by atoms with E-state index in [4.69, 9.17) is 18.0 Å². The molecule has 1 aromatic rings. The van der Waals surface area contributed by atoms with Crippen LogP contribution in [0.1, 0.15) is 42.6 Å². The van der Waals surface area contributed by atoms with Gasteiger partial charge in [-0.2, -0.15) is 0 Å². The quantitative estimate of drug-likeness (QED) is 0.771. The molecule has 1 heterocycles. The van der Waals surface area contributed by atoms with Crippen LogP contribution in [-0.2, 0) is 12.8 Å². The predicted octanol–water partition coefficient (Wildman–Crippen LogP) is 2.08. The Bertz CT molecular complexity index is 411. The molecule has 3 N–H and O–H groups in total. The molecule has 1 aromatic heterocycles. The molecule has 0 saturated carbocycles. The lowest BCUT2D eigenvalue weighted by Crippen LogP contribution is -2.08. The van der Waals surface area contributed by atoms with Gasteiger partial charge in [0, 0.05) is 11.4 Å². The van der Waals surface area contributed by atoms with Crippen LogP contribution in [0.3, 0.4) is 0 Å². The Morgan fingerprint density at radius 3 is 3.07 bits per heavy atom. The summed E-state index contributed by atoms with van der Waals surface area (Å²) in [5.41, 5.74) is 9.50. The second-order valence-electron chi connectivity index (χ2n) is 4.05. The number of aromatic amines is 1. The van der Waals surface area contributed by atoms with Crippen LogP contribution in [0.5, 0.6) is 0 Å². The SMILES string of the molecule is CCc1nc(=S)[nH]c2c1C(CCN)CC2. The van der Waals surface area contributed by atoms with Gasteiger partial charge in [-0.05, 0) is 55.9 Å². The minimum atomic E-state index is 0.597. The number of H-pyrrole nitrogens is 1. The van der Waals surface area contributed by atoms with E-state index in [1.54, 1.807) is 0 Å². The zero-order chi connectivity index (χ0) is 10.8. The van der Waals surface area contributed by atoms with E-state index in [9.17, 15) is 0 Å². The Balaban J connectivity index is 2.45. The van der Waals surface area contributed by atoms with Gasteiger partial charge in [-0.25, -0.2) is 4.98 Å². The number of hydrogen-bond acceptors (Lipinski definition) is 3. The van der Waals surface area contributed by atoms with Gasteiger partial charge in [0.05, 0.1) is 0 Å². The van der Waals surface area contributed by atoms with Crippen LogP contribution in [0.4, 0.5) is 0 Å².